The Labute approximate surface area is 165 Å². The molecule has 28 heavy (non-hydrogen) atoms. The summed E-state index contributed by atoms with van der Waals surface area (Å²) < 4.78 is 14.0. The molecule has 0 saturated carbocycles. The second kappa shape index (κ2) is 9.61. The van der Waals surface area contributed by atoms with E-state index in [-0.39, 0.29) is 24.4 Å². The van der Waals surface area contributed by atoms with Crippen LogP contribution in [-0.4, -0.2) is 59.7 Å². The van der Waals surface area contributed by atoms with Crippen molar-refractivity contribution in [3.05, 3.63) is 59.5 Å². The molecule has 1 aliphatic rings. The number of pyridine rings is 1. The minimum Gasteiger partial charge on any atom is -0.396 e. The maximum absolute atomic E-state index is 14.0. The van der Waals surface area contributed by atoms with Gasteiger partial charge in [0.25, 0.3) is 5.91 Å². The van der Waals surface area contributed by atoms with Crippen molar-refractivity contribution < 1.29 is 14.3 Å². The maximum atomic E-state index is 14.0. The minimum atomic E-state index is -0.205. The van der Waals surface area contributed by atoms with Gasteiger partial charge in [-0.1, -0.05) is 18.2 Å². The molecule has 6 nitrogen and oxygen atoms in total. The number of benzene rings is 1. The fraction of sp³-hybridized carbons (Fsp3) is 0.429. The van der Waals surface area contributed by atoms with Crippen LogP contribution in [0.1, 0.15) is 29.3 Å². The Kier molecular flexibility index (Phi) is 6.95. The summed E-state index contributed by atoms with van der Waals surface area (Å²) in [5.41, 5.74) is 1.24. The molecule has 2 aromatic rings. The van der Waals surface area contributed by atoms with Crippen molar-refractivity contribution in [2.45, 2.75) is 25.9 Å². The molecule has 0 aliphatic carbocycles. The van der Waals surface area contributed by atoms with Gasteiger partial charge in [0.1, 0.15) is 11.6 Å². The van der Waals surface area contributed by atoms with Gasteiger partial charge in [-0.25, -0.2) is 9.37 Å². The van der Waals surface area contributed by atoms with Crippen LogP contribution >= 0.6 is 0 Å². The first-order valence-corrected chi connectivity index (χ1v) is 9.70. The summed E-state index contributed by atoms with van der Waals surface area (Å²) in [5.74, 6) is 0.428. The summed E-state index contributed by atoms with van der Waals surface area (Å²) in [6, 6.07) is 10.4. The molecule has 150 valence electrons. The van der Waals surface area contributed by atoms with Crippen LogP contribution < -0.4 is 10.2 Å². The van der Waals surface area contributed by atoms with Crippen molar-refractivity contribution >= 4 is 11.7 Å². The van der Waals surface area contributed by atoms with Crippen LogP contribution in [-0.2, 0) is 6.54 Å². The highest BCUT2D eigenvalue weighted by Crippen LogP contribution is 2.22. The number of hydrogen-bond acceptors (Lipinski definition) is 5. The molecule has 7 heteroatoms. The average molecular weight is 386 g/mol. The molecule has 1 aliphatic heterocycles. The zero-order chi connectivity index (χ0) is 19.9. The van der Waals surface area contributed by atoms with Gasteiger partial charge in [0.2, 0.25) is 0 Å². The van der Waals surface area contributed by atoms with Crippen LogP contribution in [0.3, 0.4) is 0 Å². The fourth-order valence-electron chi connectivity index (χ4n) is 3.57. The Balaban J connectivity index is 1.72. The number of amides is 1. The van der Waals surface area contributed by atoms with Crippen molar-refractivity contribution in [2.75, 3.05) is 37.7 Å². The molecule has 3 rings (SSSR count). The van der Waals surface area contributed by atoms with Crippen LogP contribution in [0.5, 0.6) is 0 Å². The molecule has 1 aromatic carbocycles. The van der Waals surface area contributed by atoms with Crippen molar-refractivity contribution in [1.82, 2.24) is 15.2 Å². The summed E-state index contributed by atoms with van der Waals surface area (Å²) in [5, 5.41) is 12.3. The highest BCUT2D eigenvalue weighted by atomic mass is 19.1. The van der Waals surface area contributed by atoms with Crippen molar-refractivity contribution in [3.8, 4) is 0 Å². The van der Waals surface area contributed by atoms with Gasteiger partial charge in [-0.05, 0) is 31.5 Å². The standard InChI is InChI=1S/C21H27FN4O2/c1-2-23-21(28)16-7-9-24-20(13-16)26-11-10-25(18(15-26)8-12-27)14-17-5-3-4-6-19(17)22/h3-7,9,13,18,27H,2,8,10-12,14-15H2,1H3,(H,23,28). The number of aromatic nitrogens is 1. The van der Waals surface area contributed by atoms with E-state index in [0.29, 0.717) is 37.2 Å². The number of carbonyl (C=O) groups is 1. The quantitative estimate of drug-likeness (QED) is 0.762. The fourth-order valence-corrected chi connectivity index (χ4v) is 3.57. The van der Waals surface area contributed by atoms with Gasteiger partial charge in [-0.3, -0.25) is 9.69 Å². The first kappa shape index (κ1) is 20.2. The number of aliphatic hydroxyl groups excluding tert-OH is 1. The molecule has 1 saturated heterocycles. The zero-order valence-electron chi connectivity index (χ0n) is 16.1. The Hall–Kier alpha value is -2.51. The minimum absolute atomic E-state index is 0.0681. The Morgan fingerprint density at radius 1 is 1.32 bits per heavy atom. The number of aliphatic hydroxyl groups is 1. The summed E-state index contributed by atoms with van der Waals surface area (Å²) in [4.78, 5) is 20.9. The number of piperazine rings is 1. The predicted molar refractivity (Wildman–Crippen MR) is 107 cm³/mol. The summed E-state index contributed by atoms with van der Waals surface area (Å²) >= 11 is 0. The molecular formula is C21H27FN4O2. The van der Waals surface area contributed by atoms with E-state index in [1.807, 2.05) is 13.0 Å². The van der Waals surface area contributed by atoms with Gasteiger partial charge in [0, 0.05) is 62.7 Å². The predicted octanol–water partition coefficient (Wildman–Crippen LogP) is 2.04. The maximum Gasteiger partial charge on any atom is 0.251 e. The second-order valence-electron chi connectivity index (χ2n) is 6.94. The molecule has 1 atom stereocenters. The van der Waals surface area contributed by atoms with Crippen molar-refractivity contribution in [2.24, 2.45) is 0 Å². The Morgan fingerprint density at radius 3 is 2.89 bits per heavy atom. The Bertz CT molecular complexity index is 801. The van der Waals surface area contributed by atoms with Crippen LogP contribution in [0.4, 0.5) is 10.2 Å². The van der Waals surface area contributed by atoms with E-state index < -0.39 is 0 Å². The highest BCUT2D eigenvalue weighted by Gasteiger charge is 2.28. The lowest BCUT2D eigenvalue weighted by Crippen LogP contribution is -2.53. The van der Waals surface area contributed by atoms with Crippen molar-refractivity contribution in [3.63, 3.8) is 0 Å². The van der Waals surface area contributed by atoms with Gasteiger partial charge >= 0.3 is 0 Å². The van der Waals surface area contributed by atoms with Gasteiger partial charge in [0.15, 0.2) is 0 Å². The van der Waals surface area contributed by atoms with E-state index >= 15 is 0 Å². The molecular weight excluding hydrogens is 359 g/mol. The monoisotopic (exact) mass is 386 g/mol. The molecule has 1 unspecified atom stereocenters. The average Bonchev–Trinajstić information content (AvgIpc) is 2.71. The number of rotatable bonds is 7. The number of anilines is 1. The summed E-state index contributed by atoms with van der Waals surface area (Å²) in [6.45, 7) is 5.16. The second-order valence-corrected chi connectivity index (χ2v) is 6.94. The molecule has 1 fully saturated rings. The van der Waals surface area contributed by atoms with E-state index in [4.69, 9.17) is 0 Å². The number of nitrogens with one attached hydrogen (secondary N) is 1. The molecule has 0 spiro atoms. The Morgan fingerprint density at radius 2 is 2.14 bits per heavy atom. The molecule has 1 aromatic heterocycles. The van der Waals surface area contributed by atoms with Crippen LogP contribution in [0.15, 0.2) is 42.6 Å². The largest absolute Gasteiger partial charge is 0.396 e. The highest BCUT2D eigenvalue weighted by molar-refractivity contribution is 5.94. The summed E-state index contributed by atoms with van der Waals surface area (Å²) in [6.07, 6.45) is 2.24. The molecule has 1 amide bonds. The number of halogens is 1. The van der Waals surface area contributed by atoms with Gasteiger partial charge in [0.05, 0.1) is 0 Å². The third kappa shape index (κ3) is 4.85. The topological polar surface area (TPSA) is 68.7 Å². The summed E-state index contributed by atoms with van der Waals surface area (Å²) in [7, 11) is 0. The normalized spacial score (nSPS) is 17.5. The molecule has 0 radical (unpaired) electrons. The molecule has 2 heterocycles. The third-order valence-corrected chi connectivity index (χ3v) is 5.07. The van der Waals surface area contributed by atoms with E-state index in [0.717, 1.165) is 18.9 Å². The number of nitrogens with zero attached hydrogens (tertiary/aromatic N) is 3. The van der Waals surface area contributed by atoms with Gasteiger partial charge in [-0.15, -0.1) is 0 Å². The molecule has 2 N–H and O–H groups in total. The lowest BCUT2D eigenvalue weighted by molar-refractivity contribution is 0.0955. The molecule has 0 bridgehead atoms. The number of hydrogen-bond donors (Lipinski definition) is 2. The third-order valence-electron chi connectivity index (χ3n) is 5.07. The van der Waals surface area contributed by atoms with Crippen LogP contribution in [0, 0.1) is 5.82 Å². The lowest BCUT2D eigenvalue weighted by Gasteiger charge is -2.42. The smallest absolute Gasteiger partial charge is 0.251 e. The lowest BCUT2D eigenvalue weighted by atomic mass is 10.1. The number of carbonyl (C=O) groups excluding carboxylic acids is 1. The van der Waals surface area contributed by atoms with Crippen LogP contribution in [0.2, 0.25) is 0 Å². The zero-order valence-corrected chi connectivity index (χ0v) is 16.1. The first-order chi connectivity index (χ1) is 13.6. The van der Waals surface area contributed by atoms with E-state index in [9.17, 15) is 14.3 Å². The van der Waals surface area contributed by atoms with Gasteiger partial charge in [-0.2, -0.15) is 0 Å². The van der Waals surface area contributed by atoms with Gasteiger partial charge < -0.3 is 15.3 Å². The first-order valence-electron chi connectivity index (χ1n) is 9.70. The SMILES string of the molecule is CCNC(=O)c1ccnc(N2CCN(Cc3ccccc3F)C(CCO)C2)c1. The van der Waals surface area contributed by atoms with Crippen LogP contribution in [0.25, 0.3) is 0 Å². The van der Waals surface area contributed by atoms with E-state index in [2.05, 4.69) is 20.1 Å². The van der Waals surface area contributed by atoms with E-state index in [1.165, 1.54) is 6.07 Å². The van der Waals surface area contributed by atoms with Crippen molar-refractivity contribution in [1.29, 1.82) is 0 Å². The van der Waals surface area contributed by atoms with E-state index in [1.54, 1.807) is 30.5 Å².